The van der Waals surface area contributed by atoms with E-state index in [0.717, 1.165) is 6.42 Å². The average Bonchev–Trinajstić information content (AvgIpc) is 1.84. The second kappa shape index (κ2) is 3.89. The summed E-state index contributed by atoms with van der Waals surface area (Å²) in [6, 6.07) is 0. The van der Waals surface area contributed by atoms with Gasteiger partial charge >= 0.3 is 0 Å². The van der Waals surface area contributed by atoms with Crippen molar-refractivity contribution in [3.8, 4) is 0 Å². The molecule has 2 unspecified atom stereocenters. The second-order valence-electron chi connectivity index (χ2n) is 3.05. The standard InChI is InChI=1S/C8H17O/c1-5-8(9)7(4)6(2)3/h6-8H,5H2,1-4H3. The number of rotatable bonds is 3. The van der Waals surface area contributed by atoms with E-state index in [0.29, 0.717) is 11.8 Å². The molecular formula is C8H17O. The maximum Gasteiger partial charge on any atom is 0.0955 e. The van der Waals surface area contributed by atoms with Gasteiger partial charge in [0, 0.05) is 0 Å². The summed E-state index contributed by atoms with van der Waals surface area (Å²) in [4.78, 5) is 0. The highest BCUT2D eigenvalue weighted by Gasteiger charge is 2.16. The van der Waals surface area contributed by atoms with Crippen LogP contribution < -0.4 is 0 Å². The Balaban J connectivity index is 3.58. The molecule has 0 aliphatic heterocycles. The van der Waals surface area contributed by atoms with E-state index in [1.54, 1.807) is 0 Å². The van der Waals surface area contributed by atoms with Gasteiger partial charge in [0.1, 0.15) is 0 Å². The summed E-state index contributed by atoms with van der Waals surface area (Å²) in [6.07, 6.45) is 0.407. The Labute approximate surface area is 58.1 Å². The molecule has 0 aromatic rings. The fourth-order valence-electron chi connectivity index (χ4n) is 0.801. The van der Waals surface area contributed by atoms with E-state index < -0.39 is 0 Å². The topological polar surface area (TPSA) is 19.9 Å². The van der Waals surface area contributed by atoms with Gasteiger partial charge in [0.05, 0.1) is 6.10 Å². The molecule has 0 aliphatic carbocycles. The van der Waals surface area contributed by atoms with Crippen LogP contribution in [0, 0.1) is 11.8 Å². The molecule has 0 spiro atoms. The van der Waals surface area contributed by atoms with Crippen LogP contribution >= 0.6 is 0 Å². The Morgan fingerprint density at radius 2 is 1.67 bits per heavy atom. The molecule has 9 heavy (non-hydrogen) atoms. The first-order chi connectivity index (χ1) is 4.09. The van der Waals surface area contributed by atoms with Crippen molar-refractivity contribution in [1.82, 2.24) is 0 Å². The Bertz CT molecular complexity index is 69.0. The molecule has 0 aliphatic rings. The summed E-state index contributed by atoms with van der Waals surface area (Å²) < 4.78 is 0. The van der Waals surface area contributed by atoms with Gasteiger partial charge in [-0.15, -0.1) is 0 Å². The van der Waals surface area contributed by atoms with Crippen LogP contribution in [-0.4, -0.2) is 6.10 Å². The monoisotopic (exact) mass is 129 g/mol. The van der Waals surface area contributed by atoms with Crippen LogP contribution in [0.2, 0.25) is 0 Å². The molecule has 0 fully saturated rings. The van der Waals surface area contributed by atoms with Crippen LogP contribution in [0.3, 0.4) is 0 Å². The Kier molecular flexibility index (Phi) is 3.87. The molecule has 0 aromatic heterocycles. The van der Waals surface area contributed by atoms with Gasteiger partial charge in [-0.05, 0) is 18.3 Å². The number of hydrogen-bond donors (Lipinski definition) is 0. The number of hydrogen-bond acceptors (Lipinski definition) is 0. The summed E-state index contributed by atoms with van der Waals surface area (Å²) in [7, 11) is 0. The summed E-state index contributed by atoms with van der Waals surface area (Å²) in [6.45, 7) is 8.19. The maximum atomic E-state index is 11.0. The molecule has 0 saturated heterocycles. The van der Waals surface area contributed by atoms with E-state index in [1.165, 1.54) is 0 Å². The van der Waals surface area contributed by atoms with Crippen LogP contribution in [-0.2, 0) is 5.11 Å². The molecule has 1 radical (unpaired) electrons. The summed E-state index contributed by atoms with van der Waals surface area (Å²) >= 11 is 0. The first-order valence-electron chi connectivity index (χ1n) is 3.75. The maximum absolute atomic E-state index is 11.0. The lowest BCUT2D eigenvalue weighted by Gasteiger charge is -2.18. The fourth-order valence-corrected chi connectivity index (χ4v) is 0.801. The van der Waals surface area contributed by atoms with Crippen molar-refractivity contribution in [2.24, 2.45) is 11.8 Å². The molecule has 0 amide bonds. The smallest absolute Gasteiger partial charge is 0.0955 e. The third kappa shape index (κ3) is 2.85. The van der Waals surface area contributed by atoms with Gasteiger partial charge in [-0.25, -0.2) is 5.11 Å². The summed E-state index contributed by atoms with van der Waals surface area (Å²) in [5.41, 5.74) is 0. The zero-order chi connectivity index (χ0) is 7.44. The predicted molar refractivity (Wildman–Crippen MR) is 38.8 cm³/mol. The summed E-state index contributed by atoms with van der Waals surface area (Å²) in [5, 5.41) is 11.0. The fraction of sp³-hybridized carbons (Fsp3) is 1.00. The lowest BCUT2D eigenvalue weighted by molar-refractivity contribution is 0.0231. The van der Waals surface area contributed by atoms with Gasteiger partial charge in [0.25, 0.3) is 0 Å². The lowest BCUT2D eigenvalue weighted by atomic mass is 9.91. The van der Waals surface area contributed by atoms with E-state index in [4.69, 9.17) is 0 Å². The molecule has 0 heterocycles. The van der Waals surface area contributed by atoms with E-state index in [1.807, 2.05) is 13.8 Å². The molecular weight excluding hydrogens is 112 g/mol. The van der Waals surface area contributed by atoms with Gasteiger partial charge in [-0.2, -0.15) is 0 Å². The highest BCUT2D eigenvalue weighted by atomic mass is 16.3. The highest BCUT2D eigenvalue weighted by molar-refractivity contribution is 4.64. The van der Waals surface area contributed by atoms with Crippen molar-refractivity contribution in [3.63, 3.8) is 0 Å². The average molecular weight is 129 g/mol. The molecule has 0 N–H and O–H groups in total. The van der Waals surface area contributed by atoms with Crippen LogP contribution in [0.5, 0.6) is 0 Å². The molecule has 1 heteroatoms. The van der Waals surface area contributed by atoms with Gasteiger partial charge in [0.2, 0.25) is 0 Å². The Morgan fingerprint density at radius 3 is 1.78 bits per heavy atom. The minimum absolute atomic E-state index is 0.329. The third-order valence-corrected chi connectivity index (χ3v) is 2.04. The third-order valence-electron chi connectivity index (χ3n) is 2.04. The Morgan fingerprint density at radius 1 is 1.22 bits per heavy atom. The van der Waals surface area contributed by atoms with Crippen molar-refractivity contribution < 1.29 is 5.11 Å². The van der Waals surface area contributed by atoms with Crippen molar-refractivity contribution in [2.45, 2.75) is 40.2 Å². The Hall–Kier alpha value is -0.0400. The van der Waals surface area contributed by atoms with Crippen molar-refractivity contribution >= 4 is 0 Å². The van der Waals surface area contributed by atoms with E-state index >= 15 is 0 Å². The van der Waals surface area contributed by atoms with Crippen LogP contribution in [0.1, 0.15) is 34.1 Å². The van der Waals surface area contributed by atoms with Crippen molar-refractivity contribution in [2.75, 3.05) is 0 Å². The molecule has 0 aromatic carbocycles. The quantitative estimate of drug-likeness (QED) is 0.558. The van der Waals surface area contributed by atoms with E-state index in [9.17, 15) is 5.11 Å². The molecule has 0 saturated carbocycles. The van der Waals surface area contributed by atoms with E-state index in [2.05, 4.69) is 13.8 Å². The zero-order valence-corrected chi connectivity index (χ0v) is 6.85. The van der Waals surface area contributed by atoms with Gasteiger partial charge < -0.3 is 0 Å². The van der Waals surface area contributed by atoms with E-state index in [-0.39, 0.29) is 6.10 Å². The van der Waals surface area contributed by atoms with Crippen LogP contribution in [0.15, 0.2) is 0 Å². The first kappa shape index (κ1) is 8.96. The van der Waals surface area contributed by atoms with Crippen molar-refractivity contribution in [1.29, 1.82) is 0 Å². The van der Waals surface area contributed by atoms with Gasteiger partial charge in [0.15, 0.2) is 0 Å². The second-order valence-corrected chi connectivity index (χ2v) is 3.05. The van der Waals surface area contributed by atoms with Gasteiger partial charge in [-0.1, -0.05) is 27.7 Å². The normalized spacial score (nSPS) is 18.0. The first-order valence-corrected chi connectivity index (χ1v) is 3.75. The molecule has 0 bridgehead atoms. The molecule has 0 rings (SSSR count). The van der Waals surface area contributed by atoms with Crippen LogP contribution in [0.25, 0.3) is 0 Å². The minimum Gasteiger partial charge on any atom is -0.233 e. The van der Waals surface area contributed by atoms with Crippen LogP contribution in [0.4, 0.5) is 0 Å². The summed E-state index contributed by atoms with van der Waals surface area (Å²) in [5.74, 6) is 0.863. The largest absolute Gasteiger partial charge is 0.233 e. The minimum atomic E-state index is -0.356. The molecule has 55 valence electrons. The highest BCUT2D eigenvalue weighted by Crippen LogP contribution is 2.16. The predicted octanol–water partition coefficient (Wildman–Crippen LogP) is 2.49. The molecule has 1 nitrogen and oxygen atoms in total. The van der Waals surface area contributed by atoms with Gasteiger partial charge in [-0.3, -0.25) is 0 Å². The SMILES string of the molecule is CCC([O])C(C)C(C)C. The lowest BCUT2D eigenvalue weighted by Crippen LogP contribution is -2.19. The zero-order valence-electron chi connectivity index (χ0n) is 6.85. The molecule has 2 atom stereocenters. The van der Waals surface area contributed by atoms with Crippen molar-refractivity contribution in [3.05, 3.63) is 0 Å².